The maximum Gasteiger partial charge on any atom is 0.251 e. The van der Waals surface area contributed by atoms with E-state index in [1.807, 2.05) is 0 Å². The molecule has 0 atom stereocenters. The lowest BCUT2D eigenvalue weighted by Gasteiger charge is -2.07. The van der Waals surface area contributed by atoms with Crippen LogP contribution in [-0.2, 0) is 4.79 Å². The number of nitrogens with one attached hydrogen (secondary N) is 2. The van der Waals surface area contributed by atoms with Crippen molar-refractivity contribution in [2.45, 2.75) is 11.3 Å². The molecule has 0 unspecified atom stereocenters. The van der Waals surface area contributed by atoms with Crippen molar-refractivity contribution in [1.29, 1.82) is 0 Å². The highest BCUT2D eigenvalue weighted by atomic mass is 35.5. The van der Waals surface area contributed by atoms with E-state index in [0.29, 0.717) is 17.1 Å². The SMILES string of the molecule is O=C(CNC(=O)c1cccc(Cl)c1)NCCCSc1ccc(F)cc1. The predicted molar refractivity (Wildman–Crippen MR) is 98.5 cm³/mol. The third kappa shape index (κ3) is 7.15. The third-order valence-electron chi connectivity index (χ3n) is 3.22. The molecule has 7 heteroatoms. The first kappa shape index (κ1) is 19.3. The van der Waals surface area contributed by atoms with Crippen LogP contribution in [0.5, 0.6) is 0 Å². The molecule has 2 rings (SSSR count). The normalized spacial score (nSPS) is 10.3. The molecule has 0 heterocycles. The minimum absolute atomic E-state index is 0.0869. The fraction of sp³-hybridized carbons (Fsp3) is 0.222. The molecule has 0 saturated heterocycles. The standard InChI is InChI=1S/C18H18ClFN2O2S/c19-14-4-1-3-13(11-14)18(24)22-12-17(23)21-9-2-10-25-16-7-5-15(20)6-8-16/h1,3-8,11H,2,9-10,12H2,(H,21,23)(H,22,24). The number of halogens is 2. The Morgan fingerprint density at radius 2 is 1.84 bits per heavy atom. The molecule has 2 N–H and O–H groups in total. The van der Waals surface area contributed by atoms with Gasteiger partial charge in [0.15, 0.2) is 0 Å². The molecule has 0 radical (unpaired) electrons. The van der Waals surface area contributed by atoms with Gasteiger partial charge in [0.1, 0.15) is 5.82 Å². The summed E-state index contributed by atoms with van der Waals surface area (Å²) in [6, 6.07) is 12.8. The molecule has 0 aliphatic heterocycles. The lowest BCUT2D eigenvalue weighted by molar-refractivity contribution is -0.120. The van der Waals surface area contributed by atoms with Crippen molar-refractivity contribution in [3.8, 4) is 0 Å². The van der Waals surface area contributed by atoms with Gasteiger partial charge in [-0.15, -0.1) is 11.8 Å². The summed E-state index contributed by atoms with van der Waals surface area (Å²) in [5.74, 6) is -0.0380. The van der Waals surface area contributed by atoms with E-state index < -0.39 is 0 Å². The van der Waals surface area contributed by atoms with Crippen LogP contribution in [0.4, 0.5) is 4.39 Å². The molecule has 0 spiro atoms. The Bertz CT molecular complexity index is 725. The second kappa shape index (κ2) is 10.1. The molecule has 2 aromatic carbocycles. The van der Waals surface area contributed by atoms with Crippen molar-refractivity contribution in [3.05, 3.63) is 64.9 Å². The summed E-state index contributed by atoms with van der Waals surface area (Å²) >= 11 is 7.42. The molecule has 2 amide bonds. The maximum atomic E-state index is 12.8. The van der Waals surface area contributed by atoms with Crippen LogP contribution in [0.15, 0.2) is 53.4 Å². The molecule has 0 saturated carbocycles. The monoisotopic (exact) mass is 380 g/mol. The first-order valence-electron chi connectivity index (χ1n) is 7.73. The lowest BCUT2D eigenvalue weighted by Crippen LogP contribution is -2.37. The van der Waals surface area contributed by atoms with Crippen LogP contribution in [-0.4, -0.2) is 30.7 Å². The Balaban J connectivity index is 1.59. The van der Waals surface area contributed by atoms with Gasteiger partial charge in [0, 0.05) is 22.0 Å². The highest BCUT2D eigenvalue weighted by Gasteiger charge is 2.08. The van der Waals surface area contributed by atoms with Crippen molar-refractivity contribution in [1.82, 2.24) is 10.6 Å². The zero-order valence-corrected chi connectivity index (χ0v) is 15.0. The van der Waals surface area contributed by atoms with Gasteiger partial charge in [0.25, 0.3) is 5.91 Å². The smallest absolute Gasteiger partial charge is 0.251 e. The largest absolute Gasteiger partial charge is 0.355 e. The molecule has 0 fully saturated rings. The molecule has 4 nitrogen and oxygen atoms in total. The summed E-state index contributed by atoms with van der Waals surface area (Å²) in [6.45, 7) is 0.427. The average Bonchev–Trinajstić information content (AvgIpc) is 2.61. The molecule has 0 bridgehead atoms. The number of carbonyl (C=O) groups is 2. The minimum Gasteiger partial charge on any atom is -0.355 e. The molecule has 25 heavy (non-hydrogen) atoms. The summed E-state index contributed by atoms with van der Waals surface area (Å²) in [5, 5.41) is 5.76. The first-order chi connectivity index (χ1) is 12.0. The quantitative estimate of drug-likeness (QED) is 0.544. The zero-order valence-electron chi connectivity index (χ0n) is 13.4. The molecular weight excluding hydrogens is 363 g/mol. The van der Waals surface area contributed by atoms with Crippen LogP contribution >= 0.6 is 23.4 Å². The first-order valence-corrected chi connectivity index (χ1v) is 9.10. The fourth-order valence-corrected chi connectivity index (χ4v) is 3.02. The van der Waals surface area contributed by atoms with Gasteiger partial charge in [-0.05, 0) is 54.6 Å². The molecule has 0 aliphatic carbocycles. The number of thioether (sulfide) groups is 1. The summed E-state index contributed by atoms with van der Waals surface area (Å²) in [6.07, 6.45) is 0.774. The van der Waals surface area contributed by atoms with Gasteiger partial charge >= 0.3 is 0 Å². The number of hydrogen-bond acceptors (Lipinski definition) is 3. The van der Waals surface area contributed by atoms with Crippen molar-refractivity contribution in [2.24, 2.45) is 0 Å². The van der Waals surface area contributed by atoms with E-state index in [0.717, 1.165) is 17.1 Å². The zero-order chi connectivity index (χ0) is 18.1. The van der Waals surface area contributed by atoms with Crippen molar-refractivity contribution in [3.63, 3.8) is 0 Å². The number of carbonyl (C=O) groups excluding carboxylic acids is 2. The highest BCUT2D eigenvalue weighted by Crippen LogP contribution is 2.18. The van der Waals surface area contributed by atoms with Gasteiger partial charge in [-0.3, -0.25) is 9.59 Å². The fourth-order valence-electron chi connectivity index (χ4n) is 1.98. The van der Waals surface area contributed by atoms with Crippen LogP contribution in [0.2, 0.25) is 5.02 Å². The summed E-state index contributed by atoms with van der Waals surface area (Å²) in [4.78, 5) is 24.6. The predicted octanol–water partition coefficient (Wildman–Crippen LogP) is 3.51. The third-order valence-corrected chi connectivity index (χ3v) is 4.56. The Labute approximate surface area is 155 Å². The molecule has 0 aromatic heterocycles. The van der Waals surface area contributed by atoms with Crippen molar-refractivity contribution >= 4 is 35.2 Å². The topological polar surface area (TPSA) is 58.2 Å². The Kier molecular flexibility index (Phi) is 7.76. The van der Waals surface area contributed by atoms with Crippen LogP contribution in [0, 0.1) is 5.82 Å². The van der Waals surface area contributed by atoms with Crippen molar-refractivity contribution in [2.75, 3.05) is 18.8 Å². The maximum absolute atomic E-state index is 12.8. The van der Waals surface area contributed by atoms with Crippen LogP contribution in [0.3, 0.4) is 0 Å². The van der Waals surface area contributed by atoms with Gasteiger partial charge in [0.05, 0.1) is 6.54 Å². The Morgan fingerprint density at radius 3 is 2.56 bits per heavy atom. The number of benzene rings is 2. The average molecular weight is 381 g/mol. The van der Waals surface area contributed by atoms with E-state index >= 15 is 0 Å². The number of hydrogen-bond donors (Lipinski definition) is 2. The van der Waals surface area contributed by atoms with E-state index in [9.17, 15) is 14.0 Å². The lowest BCUT2D eigenvalue weighted by atomic mass is 10.2. The minimum atomic E-state index is -0.343. The van der Waals surface area contributed by atoms with E-state index in [4.69, 9.17) is 11.6 Å². The molecule has 132 valence electrons. The van der Waals surface area contributed by atoms with E-state index in [-0.39, 0.29) is 24.2 Å². The second-order valence-electron chi connectivity index (χ2n) is 5.20. The highest BCUT2D eigenvalue weighted by molar-refractivity contribution is 7.99. The number of rotatable bonds is 8. The van der Waals surface area contributed by atoms with E-state index in [1.54, 1.807) is 48.2 Å². The van der Waals surface area contributed by atoms with Crippen LogP contribution in [0.1, 0.15) is 16.8 Å². The molecule has 0 aliphatic rings. The molecular formula is C18H18ClFN2O2S. The van der Waals surface area contributed by atoms with Crippen molar-refractivity contribution < 1.29 is 14.0 Å². The van der Waals surface area contributed by atoms with Gasteiger partial charge in [-0.25, -0.2) is 4.39 Å². The van der Waals surface area contributed by atoms with Gasteiger partial charge < -0.3 is 10.6 Å². The summed E-state index contributed by atoms with van der Waals surface area (Å²) < 4.78 is 12.8. The van der Waals surface area contributed by atoms with E-state index in [1.165, 1.54) is 12.1 Å². The summed E-state index contributed by atoms with van der Waals surface area (Å²) in [7, 11) is 0. The Morgan fingerprint density at radius 1 is 1.08 bits per heavy atom. The molecule has 2 aromatic rings. The second-order valence-corrected chi connectivity index (χ2v) is 6.80. The van der Waals surface area contributed by atoms with E-state index in [2.05, 4.69) is 10.6 Å². The van der Waals surface area contributed by atoms with Crippen LogP contribution in [0.25, 0.3) is 0 Å². The van der Waals surface area contributed by atoms with Gasteiger partial charge in [0.2, 0.25) is 5.91 Å². The van der Waals surface area contributed by atoms with Gasteiger partial charge in [-0.1, -0.05) is 17.7 Å². The van der Waals surface area contributed by atoms with Crippen LogP contribution < -0.4 is 10.6 Å². The number of amides is 2. The Hall–Kier alpha value is -2.05. The van der Waals surface area contributed by atoms with Gasteiger partial charge in [-0.2, -0.15) is 0 Å². The summed E-state index contributed by atoms with van der Waals surface area (Å²) in [5.41, 5.74) is 0.413.